The Kier molecular flexibility index (Phi) is 9.22. The summed E-state index contributed by atoms with van der Waals surface area (Å²) in [5, 5.41) is 0.271. The van der Waals surface area contributed by atoms with E-state index < -0.39 is 12.1 Å². The van der Waals surface area contributed by atoms with Gasteiger partial charge in [-0.25, -0.2) is 9.78 Å². The summed E-state index contributed by atoms with van der Waals surface area (Å²) in [5.74, 6) is 0.268. The minimum Gasteiger partial charge on any atom is -0.490 e. The summed E-state index contributed by atoms with van der Waals surface area (Å²) in [6.07, 6.45) is 4.55. The Hall–Kier alpha value is -1.85. The van der Waals surface area contributed by atoms with Crippen LogP contribution in [0.5, 0.6) is 11.5 Å². The molecule has 1 aliphatic rings. The second kappa shape index (κ2) is 11.7. The number of aromatic nitrogens is 2. The normalized spacial score (nSPS) is 20.1. The van der Waals surface area contributed by atoms with Gasteiger partial charge in [0.1, 0.15) is 21.5 Å². The predicted molar refractivity (Wildman–Crippen MR) is 137 cm³/mol. The van der Waals surface area contributed by atoms with Gasteiger partial charge in [0.2, 0.25) is 0 Å². The molecule has 0 aliphatic heterocycles. The van der Waals surface area contributed by atoms with E-state index in [2.05, 4.69) is 46.4 Å². The first-order valence-corrected chi connectivity index (χ1v) is 12.6. The Morgan fingerprint density at radius 1 is 1.35 bits per heavy atom. The fourth-order valence-corrected chi connectivity index (χ4v) is 5.34. The molecular weight excluding hydrogens is 575 g/mol. The summed E-state index contributed by atoms with van der Waals surface area (Å²) >= 11 is 8.36. The quantitative estimate of drug-likeness (QED) is 0.179. The monoisotopic (exact) mass is 604 g/mol. The van der Waals surface area contributed by atoms with Crippen molar-refractivity contribution in [1.82, 2.24) is 9.97 Å². The van der Waals surface area contributed by atoms with Crippen LogP contribution < -0.4 is 14.9 Å². The van der Waals surface area contributed by atoms with Crippen molar-refractivity contribution in [2.45, 2.75) is 52.2 Å². The second-order valence-electron chi connectivity index (χ2n) is 9.00. The first-order chi connectivity index (χ1) is 16.1. The van der Waals surface area contributed by atoms with Gasteiger partial charge in [-0.05, 0) is 47.8 Å². The highest BCUT2D eigenvalue weighted by Gasteiger charge is 2.48. The number of ether oxygens (including phenoxy) is 4. The number of methoxy groups -OCH3 is 1. The first-order valence-electron chi connectivity index (χ1n) is 11.2. The number of esters is 1. The Morgan fingerprint density at radius 3 is 2.82 bits per heavy atom. The lowest BCUT2D eigenvalue weighted by molar-refractivity contribution is -0.0217. The van der Waals surface area contributed by atoms with Gasteiger partial charge in [0.15, 0.2) is 22.1 Å². The smallest absolute Gasteiger partial charge is 0.343 e. The molecule has 1 fully saturated rings. The SMILES string of the molecule is COCCCOc1cc(OC2CCC(C)(C)C2C(C)OC(=O)c2c[nH]ccc2=O)c(I)nc1Cl. The number of carbonyl (C=O) groups excluding carboxylic acids is 1. The van der Waals surface area contributed by atoms with E-state index in [9.17, 15) is 9.59 Å². The predicted octanol–water partition coefficient (Wildman–Crippen LogP) is 4.87. The summed E-state index contributed by atoms with van der Waals surface area (Å²) in [4.78, 5) is 31.8. The molecule has 2 aromatic heterocycles. The minimum atomic E-state index is -0.648. The maximum Gasteiger partial charge on any atom is 0.343 e. The standard InChI is InChI=1S/C24H30ClIN2O6/c1-14(33-23(30)15-13-27-9-7-16(15)29)20-17(6-8-24(20,2)3)34-19-12-18(21(25)28-22(19)26)32-11-5-10-31-4/h7,9,12-14,17,20H,5-6,8,10-11H2,1-4H3,(H,27,29). The number of nitrogens with zero attached hydrogens (tertiary/aromatic N) is 1. The molecule has 3 rings (SSSR count). The topological polar surface area (TPSA) is 99.7 Å². The maximum absolute atomic E-state index is 12.7. The van der Waals surface area contributed by atoms with Gasteiger partial charge in [-0.2, -0.15) is 0 Å². The highest BCUT2D eigenvalue weighted by Crippen LogP contribution is 2.47. The van der Waals surface area contributed by atoms with Crippen LogP contribution in [0.3, 0.4) is 0 Å². The first kappa shape index (κ1) is 26.7. The van der Waals surface area contributed by atoms with Crippen molar-refractivity contribution in [2.24, 2.45) is 11.3 Å². The molecule has 0 amide bonds. The van der Waals surface area contributed by atoms with Crippen LogP contribution >= 0.6 is 34.2 Å². The molecule has 1 N–H and O–H groups in total. The average molecular weight is 605 g/mol. The van der Waals surface area contributed by atoms with E-state index in [0.717, 1.165) is 19.3 Å². The van der Waals surface area contributed by atoms with Crippen LogP contribution in [-0.4, -0.2) is 48.5 Å². The van der Waals surface area contributed by atoms with Gasteiger partial charge < -0.3 is 23.9 Å². The molecule has 3 atom stereocenters. The summed E-state index contributed by atoms with van der Waals surface area (Å²) in [5.41, 5.74) is -0.540. The fourth-order valence-electron chi connectivity index (χ4n) is 4.48. The van der Waals surface area contributed by atoms with Crippen LogP contribution in [0.25, 0.3) is 0 Å². The number of nitrogens with one attached hydrogen (secondary N) is 1. The van der Waals surface area contributed by atoms with Gasteiger partial charge >= 0.3 is 5.97 Å². The molecule has 186 valence electrons. The fraction of sp³-hybridized carbons (Fsp3) is 0.542. The lowest BCUT2D eigenvalue weighted by Crippen LogP contribution is -2.40. The summed E-state index contributed by atoms with van der Waals surface area (Å²) in [6, 6.07) is 3.06. The zero-order chi connectivity index (χ0) is 24.9. The molecule has 2 heterocycles. The molecule has 1 aliphatic carbocycles. The van der Waals surface area contributed by atoms with Gasteiger partial charge in [0.05, 0.1) is 6.61 Å². The number of hydrogen-bond donors (Lipinski definition) is 1. The van der Waals surface area contributed by atoms with E-state index in [-0.39, 0.29) is 33.6 Å². The molecule has 0 saturated heterocycles. The van der Waals surface area contributed by atoms with E-state index >= 15 is 0 Å². The molecule has 0 spiro atoms. The zero-order valence-corrected chi connectivity index (χ0v) is 22.6. The Morgan fingerprint density at radius 2 is 2.12 bits per heavy atom. The van der Waals surface area contributed by atoms with Gasteiger partial charge in [0, 0.05) is 50.6 Å². The van der Waals surface area contributed by atoms with Crippen LogP contribution in [0.4, 0.5) is 0 Å². The lowest BCUT2D eigenvalue weighted by Gasteiger charge is -2.35. The lowest BCUT2D eigenvalue weighted by atomic mass is 9.78. The van der Waals surface area contributed by atoms with Crippen molar-refractivity contribution >= 4 is 40.2 Å². The van der Waals surface area contributed by atoms with Crippen molar-refractivity contribution in [2.75, 3.05) is 20.3 Å². The highest BCUT2D eigenvalue weighted by molar-refractivity contribution is 14.1. The van der Waals surface area contributed by atoms with Gasteiger partial charge in [-0.1, -0.05) is 25.4 Å². The summed E-state index contributed by atoms with van der Waals surface area (Å²) < 4.78 is 23.6. The molecule has 8 nitrogen and oxygen atoms in total. The molecule has 3 unspecified atom stereocenters. The molecule has 1 saturated carbocycles. The molecule has 34 heavy (non-hydrogen) atoms. The molecular formula is C24H30ClIN2O6. The van der Waals surface area contributed by atoms with Crippen molar-refractivity contribution in [3.63, 3.8) is 0 Å². The molecule has 0 bridgehead atoms. The van der Waals surface area contributed by atoms with Crippen LogP contribution in [0.15, 0.2) is 29.3 Å². The number of aromatic amines is 1. The Bertz CT molecular complexity index is 1060. The van der Waals surface area contributed by atoms with E-state index in [1.54, 1.807) is 13.2 Å². The van der Waals surface area contributed by atoms with Crippen molar-refractivity contribution in [3.8, 4) is 11.5 Å². The maximum atomic E-state index is 12.7. The van der Waals surface area contributed by atoms with Crippen LogP contribution in [0.1, 0.15) is 50.4 Å². The van der Waals surface area contributed by atoms with Crippen molar-refractivity contribution < 1.29 is 23.7 Å². The van der Waals surface area contributed by atoms with Crippen molar-refractivity contribution in [3.05, 3.63) is 49.2 Å². The van der Waals surface area contributed by atoms with Crippen LogP contribution in [0.2, 0.25) is 5.15 Å². The van der Waals surface area contributed by atoms with Gasteiger partial charge in [-0.3, -0.25) is 4.79 Å². The zero-order valence-electron chi connectivity index (χ0n) is 19.7. The number of halogens is 2. The third-order valence-electron chi connectivity index (χ3n) is 6.11. The Balaban J connectivity index is 1.76. The third-order valence-corrected chi connectivity index (χ3v) is 7.16. The molecule has 0 aromatic carbocycles. The number of pyridine rings is 2. The van der Waals surface area contributed by atoms with Crippen LogP contribution in [0, 0.1) is 15.0 Å². The number of H-pyrrole nitrogens is 1. The van der Waals surface area contributed by atoms with E-state index in [4.69, 9.17) is 30.5 Å². The summed E-state index contributed by atoms with van der Waals surface area (Å²) in [7, 11) is 1.64. The van der Waals surface area contributed by atoms with E-state index in [1.165, 1.54) is 18.5 Å². The average Bonchev–Trinajstić information content (AvgIpc) is 3.08. The van der Waals surface area contributed by atoms with E-state index in [0.29, 0.717) is 28.4 Å². The molecule has 0 radical (unpaired) electrons. The molecule has 10 heteroatoms. The molecule has 2 aromatic rings. The van der Waals surface area contributed by atoms with Gasteiger partial charge in [0.25, 0.3) is 0 Å². The van der Waals surface area contributed by atoms with Crippen LogP contribution in [-0.2, 0) is 9.47 Å². The highest BCUT2D eigenvalue weighted by atomic mass is 127. The third kappa shape index (κ3) is 6.42. The number of hydrogen-bond acceptors (Lipinski definition) is 7. The minimum absolute atomic E-state index is 0.0191. The Labute approximate surface area is 217 Å². The summed E-state index contributed by atoms with van der Waals surface area (Å²) in [6.45, 7) is 7.15. The number of rotatable bonds is 10. The van der Waals surface area contributed by atoms with Crippen molar-refractivity contribution in [1.29, 1.82) is 0 Å². The largest absolute Gasteiger partial charge is 0.490 e. The van der Waals surface area contributed by atoms with Gasteiger partial charge in [-0.15, -0.1) is 0 Å². The second-order valence-corrected chi connectivity index (χ2v) is 10.4. The van der Waals surface area contributed by atoms with E-state index in [1.807, 2.05) is 6.92 Å². The number of carbonyl (C=O) groups is 1.